The van der Waals surface area contributed by atoms with Gasteiger partial charge in [-0.05, 0) is 36.6 Å². The summed E-state index contributed by atoms with van der Waals surface area (Å²) < 4.78 is 0. The van der Waals surface area contributed by atoms with Crippen LogP contribution in [0.1, 0.15) is 18.1 Å². The predicted octanol–water partition coefficient (Wildman–Crippen LogP) is 5.57. The van der Waals surface area contributed by atoms with Crippen LogP contribution in [0.3, 0.4) is 0 Å². The molecule has 0 saturated carbocycles. The van der Waals surface area contributed by atoms with Gasteiger partial charge in [0, 0.05) is 5.69 Å². The van der Waals surface area contributed by atoms with E-state index >= 15 is 0 Å². The third-order valence-electron chi connectivity index (χ3n) is 3.45. The molecule has 0 saturated heterocycles. The van der Waals surface area contributed by atoms with Gasteiger partial charge in [-0.3, -0.25) is 4.79 Å². The number of rotatable bonds is 5. The number of anilines is 2. The number of carbonyl (C=O) groups excluding carboxylic acids is 1. The molecule has 0 spiro atoms. The first kappa shape index (κ1) is 17.9. The number of amides is 1. The minimum Gasteiger partial charge on any atom is -0.375 e. The molecular formula is C17H17Cl3N2O. The van der Waals surface area contributed by atoms with Crippen molar-refractivity contribution in [1.29, 1.82) is 0 Å². The second-order valence-electron chi connectivity index (χ2n) is 5.11. The molecule has 2 N–H and O–H groups in total. The van der Waals surface area contributed by atoms with Gasteiger partial charge in [-0.25, -0.2) is 0 Å². The second-order valence-corrected chi connectivity index (χ2v) is 6.33. The molecule has 1 amide bonds. The zero-order valence-corrected chi connectivity index (χ0v) is 15.1. The normalized spacial score (nSPS) is 10.5. The summed E-state index contributed by atoms with van der Waals surface area (Å²) in [6.45, 7) is 4.10. The maximum absolute atomic E-state index is 12.2. The molecule has 2 aromatic rings. The van der Waals surface area contributed by atoms with E-state index in [9.17, 15) is 4.79 Å². The van der Waals surface area contributed by atoms with E-state index in [4.69, 9.17) is 34.8 Å². The SMILES string of the molecule is CCc1cccc(C)c1NC(=O)CNc1cc(Cl)c(Cl)cc1Cl. The Bertz CT molecular complexity index is 732. The van der Waals surface area contributed by atoms with Gasteiger partial charge in [-0.15, -0.1) is 0 Å². The van der Waals surface area contributed by atoms with Crippen molar-refractivity contribution in [3.05, 3.63) is 56.5 Å². The number of hydrogen-bond donors (Lipinski definition) is 2. The number of benzene rings is 2. The zero-order chi connectivity index (χ0) is 17.0. The van der Waals surface area contributed by atoms with Gasteiger partial charge >= 0.3 is 0 Å². The molecular weight excluding hydrogens is 355 g/mol. The first-order valence-electron chi connectivity index (χ1n) is 7.19. The molecule has 2 rings (SSSR count). The highest BCUT2D eigenvalue weighted by Gasteiger charge is 2.10. The first-order valence-corrected chi connectivity index (χ1v) is 8.32. The largest absolute Gasteiger partial charge is 0.375 e. The molecule has 0 aromatic heterocycles. The molecule has 0 aliphatic heterocycles. The monoisotopic (exact) mass is 370 g/mol. The Morgan fingerprint density at radius 2 is 1.78 bits per heavy atom. The molecule has 0 atom stereocenters. The van der Waals surface area contributed by atoms with E-state index in [1.54, 1.807) is 12.1 Å². The van der Waals surface area contributed by atoms with Crippen LogP contribution in [0.25, 0.3) is 0 Å². The van der Waals surface area contributed by atoms with Gasteiger partial charge in [0.2, 0.25) is 5.91 Å². The highest BCUT2D eigenvalue weighted by Crippen LogP contribution is 2.32. The number of halogens is 3. The Kier molecular flexibility index (Phi) is 6.17. The zero-order valence-electron chi connectivity index (χ0n) is 12.8. The summed E-state index contributed by atoms with van der Waals surface area (Å²) in [7, 11) is 0. The van der Waals surface area contributed by atoms with Crippen LogP contribution < -0.4 is 10.6 Å². The topological polar surface area (TPSA) is 41.1 Å². The molecule has 3 nitrogen and oxygen atoms in total. The molecule has 0 radical (unpaired) electrons. The lowest BCUT2D eigenvalue weighted by atomic mass is 10.1. The van der Waals surface area contributed by atoms with E-state index in [1.165, 1.54) is 0 Å². The van der Waals surface area contributed by atoms with Crippen molar-refractivity contribution >= 4 is 52.1 Å². The lowest BCUT2D eigenvalue weighted by Crippen LogP contribution is -2.23. The second kappa shape index (κ2) is 7.91. The number of para-hydroxylation sites is 1. The molecule has 0 fully saturated rings. The van der Waals surface area contributed by atoms with Crippen molar-refractivity contribution in [1.82, 2.24) is 0 Å². The highest BCUT2D eigenvalue weighted by atomic mass is 35.5. The number of aryl methyl sites for hydroxylation is 2. The first-order chi connectivity index (χ1) is 10.9. The van der Waals surface area contributed by atoms with E-state index in [2.05, 4.69) is 17.6 Å². The van der Waals surface area contributed by atoms with Crippen molar-refractivity contribution in [2.45, 2.75) is 20.3 Å². The fourth-order valence-electron chi connectivity index (χ4n) is 2.22. The van der Waals surface area contributed by atoms with Crippen LogP contribution in [0.15, 0.2) is 30.3 Å². The molecule has 6 heteroatoms. The molecule has 2 aromatic carbocycles. The van der Waals surface area contributed by atoms with Crippen LogP contribution in [-0.2, 0) is 11.2 Å². The van der Waals surface area contributed by atoms with Gasteiger partial charge in [0.1, 0.15) is 0 Å². The molecule has 0 aliphatic rings. The lowest BCUT2D eigenvalue weighted by molar-refractivity contribution is -0.114. The summed E-state index contributed by atoms with van der Waals surface area (Å²) in [6.07, 6.45) is 0.851. The Balaban J connectivity index is 2.05. The predicted molar refractivity (Wildman–Crippen MR) is 99.1 cm³/mol. The number of carbonyl (C=O) groups is 1. The van der Waals surface area contributed by atoms with E-state index in [-0.39, 0.29) is 12.5 Å². The Labute approximate surface area is 150 Å². The van der Waals surface area contributed by atoms with Crippen molar-refractivity contribution in [3.8, 4) is 0 Å². The van der Waals surface area contributed by atoms with E-state index in [0.717, 1.165) is 23.2 Å². The lowest BCUT2D eigenvalue weighted by Gasteiger charge is -2.14. The van der Waals surface area contributed by atoms with E-state index in [1.807, 2.05) is 25.1 Å². The standard InChI is InChI=1S/C17H17Cl3N2O/c1-3-11-6-4-5-10(2)17(11)22-16(23)9-21-15-8-13(19)12(18)7-14(15)20/h4-8,21H,3,9H2,1-2H3,(H,22,23). The Morgan fingerprint density at radius 1 is 1.09 bits per heavy atom. The van der Waals surface area contributed by atoms with Crippen LogP contribution >= 0.6 is 34.8 Å². The van der Waals surface area contributed by atoms with Gasteiger partial charge in [-0.2, -0.15) is 0 Å². The van der Waals surface area contributed by atoms with Crippen molar-refractivity contribution < 1.29 is 4.79 Å². The third kappa shape index (κ3) is 4.54. The minimum absolute atomic E-state index is 0.0785. The fraction of sp³-hybridized carbons (Fsp3) is 0.235. The average Bonchev–Trinajstić information content (AvgIpc) is 2.51. The van der Waals surface area contributed by atoms with Crippen molar-refractivity contribution in [2.75, 3.05) is 17.2 Å². The maximum atomic E-state index is 12.2. The molecule has 23 heavy (non-hydrogen) atoms. The summed E-state index contributed by atoms with van der Waals surface area (Å²) in [4.78, 5) is 12.2. The Hall–Kier alpha value is -1.42. The van der Waals surface area contributed by atoms with Gasteiger partial charge in [0.15, 0.2) is 0 Å². The third-order valence-corrected chi connectivity index (χ3v) is 4.49. The van der Waals surface area contributed by atoms with E-state index in [0.29, 0.717) is 20.8 Å². The molecule has 0 bridgehead atoms. The van der Waals surface area contributed by atoms with Crippen molar-refractivity contribution in [3.63, 3.8) is 0 Å². The quantitative estimate of drug-likeness (QED) is 0.675. The van der Waals surface area contributed by atoms with Crippen LogP contribution in [0.4, 0.5) is 11.4 Å². The fourth-order valence-corrected chi connectivity index (χ4v) is 2.83. The molecule has 0 aliphatic carbocycles. The molecule has 0 heterocycles. The number of hydrogen-bond acceptors (Lipinski definition) is 2. The van der Waals surface area contributed by atoms with Gasteiger partial charge in [-0.1, -0.05) is 59.9 Å². The summed E-state index contributed by atoms with van der Waals surface area (Å²) in [6, 6.07) is 9.11. The summed E-state index contributed by atoms with van der Waals surface area (Å²) in [5, 5.41) is 7.08. The Morgan fingerprint density at radius 3 is 2.48 bits per heavy atom. The van der Waals surface area contributed by atoms with Crippen LogP contribution in [-0.4, -0.2) is 12.5 Å². The van der Waals surface area contributed by atoms with Gasteiger partial charge < -0.3 is 10.6 Å². The van der Waals surface area contributed by atoms with Crippen molar-refractivity contribution in [2.24, 2.45) is 0 Å². The molecule has 122 valence electrons. The summed E-state index contributed by atoms with van der Waals surface area (Å²) in [5.41, 5.74) is 3.56. The van der Waals surface area contributed by atoms with Gasteiger partial charge in [0.25, 0.3) is 0 Å². The van der Waals surface area contributed by atoms with Gasteiger partial charge in [0.05, 0.1) is 27.3 Å². The average molecular weight is 372 g/mol. The summed E-state index contributed by atoms with van der Waals surface area (Å²) >= 11 is 17.9. The molecule has 0 unspecified atom stereocenters. The summed E-state index contributed by atoms with van der Waals surface area (Å²) in [5.74, 6) is -0.156. The van der Waals surface area contributed by atoms with Crippen LogP contribution in [0.2, 0.25) is 15.1 Å². The number of nitrogens with one attached hydrogen (secondary N) is 2. The minimum atomic E-state index is -0.156. The smallest absolute Gasteiger partial charge is 0.243 e. The van der Waals surface area contributed by atoms with Crippen LogP contribution in [0.5, 0.6) is 0 Å². The highest BCUT2D eigenvalue weighted by molar-refractivity contribution is 6.44. The van der Waals surface area contributed by atoms with E-state index < -0.39 is 0 Å². The maximum Gasteiger partial charge on any atom is 0.243 e. The van der Waals surface area contributed by atoms with Crippen LogP contribution in [0, 0.1) is 6.92 Å².